The van der Waals surface area contributed by atoms with Gasteiger partial charge in [-0.2, -0.15) is 5.10 Å². The first-order valence-corrected chi connectivity index (χ1v) is 7.74. The van der Waals surface area contributed by atoms with Crippen molar-refractivity contribution in [1.29, 1.82) is 0 Å². The van der Waals surface area contributed by atoms with Crippen LogP contribution in [0.2, 0.25) is 0 Å². The van der Waals surface area contributed by atoms with E-state index in [1.54, 1.807) is 30.3 Å². The van der Waals surface area contributed by atoms with E-state index in [2.05, 4.69) is 10.1 Å². The first-order valence-electron chi connectivity index (χ1n) is 7.74. The van der Waals surface area contributed by atoms with Gasteiger partial charge in [0.2, 0.25) is 0 Å². The number of carbonyl (C=O) groups is 1. The summed E-state index contributed by atoms with van der Waals surface area (Å²) in [7, 11) is 1.69. The van der Waals surface area contributed by atoms with Gasteiger partial charge in [-0.1, -0.05) is 0 Å². The smallest absolute Gasteiger partial charge is 0.274 e. The van der Waals surface area contributed by atoms with E-state index in [-0.39, 0.29) is 11.6 Å². The Labute approximate surface area is 143 Å². The summed E-state index contributed by atoms with van der Waals surface area (Å²) < 4.78 is 6.77. The molecule has 0 bridgehead atoms. The molecule has 1 aromatic heterocycles. The summed E-state index contributed by atoms with van der Waals surface area (Å²) >= 11 is 0. The maximum Gasteiger partial charge on any atom is 0.274 e. The van der Waals surface area contributed by atoms with Crippen LogP contribution in [0, 0.1) is 10.1 Å². The first kappa shape index (κ1) is 16.8. The lowest BCUT2D eigenvalue weighted by Gasteiger charge is -2.26. The third-order valence-electron chi connectivity index (χ3n) is 3.88. The number of hydrogen-bond donors (Lipinski definition) is 0. The molecule has 1 aliphatic heterocycles. The minimum atomic E-state index is -0.457. The predicted molar refractivity (Wildman–Crippen MR) is 90.3 cm³/mol. The number of rotatable bonds is 4. The Morgan fingerprint density at radius 3 is 2.64 bits per heavy atom. The molecule has 25 heavy (non-hydrogen) atoms. The fraction of sp³-hybridized carbons (Fsp3) is 0.312. The third kappa shape index (κ3) is 3.72. The molecule has 0 aliphatic carbocycles. The van der Waals surface area contributed by atoms with E-state index in [9.17, 15) is 14.9 Å². The van der Waals surface area contributed by atoms with Gasteiger partial charge >= 0.3 is 0 Å². The predicted octanol–water partition coefficient (Wildman–Crippen LogP) is 1.55. The molecule has 0 atom stereocenters. The van der Waals surface area contributed by atoms with Gasteiger partial charge in [-0.05, 0) is 17.7 Å². The van der Waals surface area contributed by atoms with E-state index in [0.29, 0.717) is 43.2 Å². The van der Waals surface area contributed by atoms with E-state index >= 15 is 0 Å². The standard InChI is InChI=1S/C16H17N5O4/c1-19-15(16(22)20-6-8-25-9-7-20)14(11-18-19)17-10-12-2-4-13(5-3-12)21(23)24/h2-5,10-11H,6-9H2,1H3. The largest absolute Gasteiger partial charge is 0.378 e. The van der Waals surface area contributed by atoms with Crippen LogP contribution in [0.1, 0.15) is 16.1 Å². The molecule has 1 fully saturated rings. The van der Waals surface area contributed by atoms with Crippen molar-refractivity contribution in [2.45, 2.75) is 0 Å². The Balaban J connectivity index is 1.81. The van der Waals surface area contributed by atoms with Crippen molar-refractivity contribution < 1.29 is 14.5 Å². The molecule has 3 rings (SSSR count). The molecule has 1 aliphatic rings. The third-order valence-corrected chi connectivity index (χ3v) is 3.88. The van der Waals surface area contributed by atoms with Crippen LogP contribution in [-0.2, 0) is 11.8 Å². The summed E-state index contributed by atoms with van der Waals surface area (Å²) in [6.45, 7) is 2.11. The van der Waals surface area contributed by atoms with Crippen molar-refractivity contribution in [2.24, 2.45) is 12.0 Å². The maximum atomic E-state index is 12.7. The number of non-ortho nitro benzene ring substituents is 1. The van der Waals surface area contributed by atoms with Crippen LogP contribution in [-0.4, -0.2) is 58.0 Å². The van der Waals surface area contributed by atoms with Crippen molar-refractivity contribution in [3.63, 3.8) is 0 Å². The number of aliphatic imine (C=N–C) groups is 1. The number of hydrogen-bond acceptors (Lipinski definition) is 6. The zero-order valence-electron chi connectivity index (χ0n) is 13.7. The summed E-state index contributed by atoms with van der Waals surface area (Å²) in [5.74, 6) is -0.140. The molecule has 130 valence electrons. The molecule has 9 nitrogen and oxygen atoms in total. The number of nitrogens with zero attached hydrogens (tertiary/aromatic N) is 5. The van der Waals surface area contributed by atoms with E-state index < -0.39 is 4.92 Å². The normalized spacial score (nSPS) is 14.8. The Hall–Kier alpha value is -3.07. The number of morpholine rings is 1. The van der Waals surface area contributed by atoms with Crippen molar-refractivity contribution in [3.05, 3.63) is 51.8 Å². The Kier molecular flexibility index (Phi) is 4.85. The van der Waals surface area contributed by atoms with E-state index in [1.165, 1.54) is 23.0 Å². The number of carbonyl (C=O) groups excluding carboxylic acids is 1. The second-order valence-corrected chi connectivity index (χ2v) is 5.51. The van der Waals surface area contributed by atoms with Gasteiger partial charge in [0.05, 0.1) is 24.3 Å². The lowest BCUT2D eigenvalue weighted by Crippen LogP contribution is -2.41. The van der Waals surface area contributed by atoms with Gasteiger partial charge < -0.3 is 9.64 Å². The van der Waals surface area contributed by atoms with Crippen LogP contribution < -0.4 is 0 Å². The lowest BCUT2D eigenvalue weighted by molar-refractivity contribution is -0.384. The lowest BCUT2D eigenvalue weighted by atomic mass is 10.2. The average molecular weight is 343 g/mol. The number of amides is 1. The number of ether oxygens (including phenoxy) is 1. The Bertz CT molecular complexity index is 806. The SMILES string of the molecule is Cn1ncc(N=Cc2ccc([N+](=O)[O-])cc2)c1C(=O)N1CCOCC1. The molecule has 1 aromatic carbocycles. The number of aryl methyl sites for hydroxylation is 1. The molecular weight excluding hydrogens is 326 g/mol. The summed E-state index contributed by atoms with van der Waals surface area (Å²) in [4.78, 5) is 29.0. The monoisotopic (exact) mass is 343 g/mol. The van der Waals surface area contributed by atoms with Gasteiger partial charge in [-0.25, -0.2) is 0 Å². The van der Waals surface area contributed by atoms with Crippen LogP contribution in [0.15, 0.2) is 35.5 Å². The molecular formula is C16H17N5O4. The van der Waals surface area contributed by atoms with Crippen molar-refractivity contribution in [1.82, 2.24) is 14.7 Å². The Morgan fingerprint density at radius 1 is 1.32 bits per heavy atom. The van der Waals surface area contributed by atoms with Crippen LogP contribution in [0.3, 0.4) is 0 Å². The highest BCUT2D eigenvalue weighted by molar-refractivity contribution is 5.98. The molecule has 2 aromatic rings. The second-order valence-electron chi connectivity index (χ2n) is 5.51. The summed E-state index contributed by atoms with van der Waals surface area (Å²) in [5.41, 5.74) is 1.57. The average Bonchev–Trinajstić information content (AvgIpc) is 3.01. The quantitative estimate of drug-likeness (QED) is 0.476. The first-order chi connectivity index (χ1) is 12.1. The Morgan fingerprint density at radius 2 is 2.00 bits per heavy atom. The van der Waals surface area contributed by atoms with Gasteiger partial charge in [0, 0.05) is 38.5 Å². The number of nitro groups is 1. The minimum Gasteiger partial charge on any atom is -0.378 e. The topological polar surface area (TPSA) is 103 Å². The number of nitro benzene ring substituents is 1. The molecule has 2 heterocycles. The summed E-state index contributed by atoms with van der Waals surface area (Å²) in [5, 5.41) is 14.8. The van der Waals surface area contributed by atoms with Gasteiger partial charge in [-0.15, -0.1) is 0 Å². The number of benzene rings is 1. The van der Waals surface area contributed by atoms with Gasteiger partial charge in [0.15, 0.2) is 5.69 Å². The van der Waals surface area contributed by atoms with Crippen LogP contribution in [0.4, 0.5) is 11.4 Å². The maximum absolute atomic E-state index is 12.7. The second kappa shape index (κ2) is 7.22. The fourth-order valence-corrected chi connectivity index (χ4v) is 2.51. The van der Waals surface area contributed by atoms with Crippen LogP contribution in [0.25, 0.3) is 0 Å². The van der Waals surface area contributed by atoms with Crippen molar-refractivity contribution in [3.8, 4) is 0 Å². The van der Waals surface area contributed by atoms with Crippen LogP contribution in [0.5, 0.6) is 0 Å². The highest BCUT2D eigenvalue weighted by Gasteiger charge is 2.24. The van der Waals surface area contributed by atoms with Crippen molar-refractivity contribution in [2.75, 3.05) is 26.3 Å². The molecule has 0 spiro atoms. The molecule has 1 saturated heterocycles. The van der Waals surface area contributed by atoms with Gasteiger partial charge in [0.25, 0.3) is 11.6 Å². The van der Waals surface area contributed by atoms with Crippen molar-refractivity contribution >= 4 is 23.5 Å². The van der Waals surface area contributed by atoms with E-state index in [0.717, 1.165) is 0 Å². The van der Waals surface area contributed by atoms with Gasteiger partial charge in [0.1, 0.15) is 5.69 Å². The zero-order chi connectivity index (χ0) is 17.8. The molecule has 1 amide bonds. The number of aromatic nitrogens is 2. The summed E-state index contributed by atoms with van der Waals surface area (Å²) in [6, 6.07) is 6.01. The molecule has 0 N–H and O–H groups in total. The summed E-state index contributed by atoms with van der Waals surface area (Å²) in [6.07, 6.45) is 3.08. The minimum absolute atomic E-state index is 0.0155. The zero-order valence-corrected chi connectivity index (χ0v) is 13.7. The van der Waals surface area contributed by atoms with Crippen LogP contribution >= 0.6 is 0 Å². The molecule has 0 radical (unpaired) electrons. The molecule has 0 saturated carbocycles. The molecule has 9 heteroatoms. The van der Waals surface area contributed by atoms with Gasteiger partial charge in [-0.3, -0.25) is 24.6 Å². The van der Waals surface area contributed by atoms with E-state index in [1.807, 2.05) is 0 Å². The van der Waals surface area contributed by atoms with E-state index in [4.69, 9.17) is 4.74 Å². The highest BCUT2D eigenvalue weighted by Crippen LogP contribution is 2.21. The highest BCUT2D eigenvalue weighted by atomic mass is 16.6. The fourth-order valence-electron chi connectivity index (χ4n) is 2.51. The molecule has 0 unspecified atom stereocenters.